The smallest absolute Gasteiger partial charge is 0.211 e. The number of piperidine rings is 1. The van der Waals surface area contributed by atoms with E-state index >= 15 is 0 Å². The highest BCUT2D eigenvalue weighted by Crippen LogP contribution is 2.52. The number of hydrogen-bond acceptors (Lipinski definition) is 3. The molecule has 0 aromatic heterocycles. The van der Waals surface area contributed by atoms with Gasteiger partial charge in [-0.05, 0) is 56.3 Å². The topological polar surface area (TPSA) is 63.4 Å². The molecule has 0 amide bonds. The summed E-state index contributed by atoms with van der Waals surface area (Å²) in [6.45, 7) is 1.38. The van der Waals surface area contributed by atoms with Crippen molar-refractivity contribution in [3.63, 3.8) is 0 Å². The SMILES string of the molecule is CS(=O)(=O)N1CCCC(CC2(N)CC3CCC2C3)C1. The Bertz CT molecular complexity index is 450. The Morgan fingerprint density at radius 2 is 2.11 bits per heavy atom. The number of rotatable bonds is 3. The second-order valence-electron chi connectivity index (χ2n) is 7.15. The Balaban J connectivity index is 1.64. The number of hydrogen-bond donors (Lipinski definition) is 1. The minimum absolute atomic E-state index is 0.00803. The fourth-order valence-corrected chi connectivity index (χ4v) is 5.71. The summed E-state index contributed by atoms with van der Waals surface area (Å²) in [5, 5.41) is 0. The second-order valence-corrected chi connectivity index (χ2v) is 9.13. The molecule has 3 fully saturated rings. The van der Waals surface area contributed by atoms with Crippen molar-refractivity contribution in [1.29, 1.82) is 0 Å². The van der Waals surface area contributed by atoms with Gasteiger partial charge in [0, 0.05) is 18.6 Å². The third kappa shape index (κ3) is 2.69. The summed E-state index contributed by atoms with van der Waals surface area (Å²) in [4.78, 5) is 0. The zero-order valence-corrected chi connectivity index (χ0v) is 12.7. The van der Waals surface area contributed by atoms with Crippen LogP contribution in [0.2, 0.25) is 0 Å². The third-order valence-electron chi connectivity index (χ3n) is 5.64. The minimum atomic E-state index is -3.03. The Hall–Kier alpha value is -0.130. The molecule has 2 bridgehead atoms. The lowest BCUT2D eigenvalue weighted by atomic mass is 9.74. The van der Waals surface area contributed by atoms with Crippen molar-refractivity contribution in [2.75, 3.05) is 19.3 Å². The molecule has 0 aromatic rings. The van der Waals surface area contributed by atoms with Gasteiger partial charge in [0.2, 0.25) is 10.0 Å². The normalized spacial score (nSPS) is 43.8. The van der Waals surface area contributed by atoms with Gasteiger partial charge in [-0.25, -0.2) is 12.7 Å². The highest BCUT2D eigenvalue weighted by molar-refractivity contribution is 7.88. The van der Waals surface area contributed by atoms with Gasteiger partial charge in [-0.3, -0.25) is 0 Å². The van der Waals surface area contributed by atoms with Gasteiger partial charge in [-0.1, -0.05) is 6.42 Å². The van der Waals surface area contributed by atoms with Crippen LogP contribution in [0.5, 0.6) is 0 Å². The third-order valence-corrected chi connectivity index (χ3v) is 6.91. The van der Waals surface area contributed by atoms with E-state index in [4.69, 9.17) is 5.73 Å². The summed E-state index contributed by atoms with van der Waals surface area (Å²) in [6.07, 6.45) is 9.63. The first kappa shape index (κ1) is 13.8. The van der Waals surface area contributed by atoms with Crippen LogP contribution in [-0.4, -0.2) is 37.6 Å². The lowest BCUT2D eigenvalue weighted by molar-refractivity contribution is 0.171. The van der Waals surface area contributed by atoms with E-state index in [0.717, 1.165) is 25.2 Å². The van der Waals surface area contributed by atoms with Crippen molar-refractivity contribution in [3.8, 4) is 0 Å². The van der Waals surface area contributed by atoms with E-state index in [1.54, 1.807) is 4.31 Å². The molecule has 110 valence electrons. The van der Waals surface area contributed by atoms with E-state index in [-0.39, 0.29) is 5.54 Å². The maximum atomic E-state index is 11.7. The first-order chi connectivity index (χ1) is 8.87. The first-order valence-electron chi connectivity index (χ1n) is 7.61. The fourth-order valence-electron chi connectivity index (χ4n) is 4.77. The first-order valence-corrected chi connectivity index (χ1v) is 9.46. The molecule has 3 rings (SSSR count). The molecule has 0 aromatic carbocycles. The van der Waals surface area contributed by atoms with Crippen LogP contribution >= 0.6 is 0 Å². The molecule has 4 nitrogen and oxygen atoms in total. The summed E-state index contributed by atoms with van der Waals surface area (Å²) in [5.41, 5.74) is 6.67. The molecule has 2 N–H and O–H groups in total. The summed E-state index contributed by atoms with van der Waals surface area (Å²) >= 11 is 0. The van der Waals surface area contributed by atoms with E-state index in [0.29, 0.717) is 24.9 Å². The van der Waals surface area contributed by atoms with Gasteiger partial charge in [0.25, 0.3) is 0 Å². The van der Waals surface area contributed by atoms with Gasteiger partial charge >= 0.3 is 0 Å². The molecule has 19 heavy (non-hydrogen) atoms. The predicted octanol–water partition coefficient (Wildman–Crippen LogP) is 1.57. The van der Waals surface area contributed by atoms with Gasteiger partial charge in [-0.2, -0.15) is 0 Å². The maximum Gasteiger partial charge on any atom is 0.211 e. The fraction of sp³-hybridized carbons (Fsp3) is 1.00. The van der Waals surface area contributed by atoms with Crippen molar-refractivity contribution in [2.45, 2.75) is 50.5 Å². The maximum absolute atomic E-state index is 11.7. The Morgan fingerprint density at radius 1 is 1.32 bits per heavy atom. The van der Waals surface area contributed by atoms with Gasteiger partial charge in [0.1, 0.15) is 0 Å². The zero-order chi connectivity index (χ0) is 13.7. The Morgan fingerprint density at radius 3 is 2.68 bits per heavy atom. The van der Waals surface area contributed by atoms with Gasteiger partial charge in [0.05, 0.1) is 6.26 Å². The predicted molar refractivity (Wildman–Crippen MR) is 76.1 cm³/mol. The summed E-state index contributed by atoms with van der Waals surface area (Å²) in [6, 6.07) is 0. The van der Waals surface area contributed by atoms with E-state index in [9.17, 15) is 8.42 Å². The minimum Gasteiger partial charge on any atom is -0.325 e. The van der Waals surface area contributed by atoms with E-state index in [1.807, 2.05) is 0 Å². The van der Waals surface area contributed by atoms with Crippen molar-refractivity contribution in [2.24, 2.45) is 23.5 Å². The Labute approximate surface area is 116 Å². The monoisotopic (exact) mass is 286 g/mol. The van der Waals surface area contributed by atoms with Crippen LogP contribution in [0.25, 0.3) is 0 Å². The molecule has 1 aliphatic heterocycles. The number of sulfonamides is 1. The molecule has 0 spiro atoms. The van der Waals surface area contributed by atoms with Crippen LogP contribution < -0.4 is 5.73 Å². The average molecular weight is 286 g/mol. The van der Waals surface area contributed by atoms with Crippen LogP contribution in [0.15, 0.2) is 0 Å². The quantitative estimate of drug-likeness (QED) is 0.856. The lowest BCUT2D eigenvalue weighted by Crippen LogP contribution is -2.49. The Kier molecular flexibility index (Phi) is 3.43. The molecular weight excluding hydrogens is 260 g/mol. The van der Waals surface area contributed by atoms with Crippen molar-refractivity contribution < 1.29 is 8.42 Å². The molecule has 5 heteroatoms. The molecule has 1 heterocycles. The summed E-state index contributed by atoms with van der Waals surface area (Å²) in [7, 11) is -3.03. The number of nitrogens with two attached hydrogens (primary N) is 1. The van der Waals surface area contributed by atoms with Crippen LogP contribution in [0, 0.1) is 17.8 Å². The van der Waals surface area contributed by atoms with E-state index in [2.05, 4.69) is 0 Å². The van der Waals surface area contributed by atoms with Gasteiger partial charge in [0.15, 0.2) is 0 Å². The summed E-state index contributed by atoms with van der Waals surface area (Å²) in [5.74, 6) is 2.02. The van der Waals surface area contributed by atoms with Crippen LogP contribution in [0.1, 0.15) is 44.9 Å². The molecule has 3 aliphatic rings. The zero-order valence-electron chi connectivity index (χ0n) is 11.8. The van der Waals surface area contributed by atoms with Gasteiger partial charge < -0.3 is 5.73 Å². The highest BCUT2D eigenvalue weighted by atomic mass is 32.2. The van der Waals surface area contributed by atoms with Crippen LogP contribution in [-0.2, 0) is 10.0 Å². The van der Waals surface area contributed by atoms with Crippen molar-refractivity contribution >= 4 is 10.0 Å². The molecule has 4 unspecified atom stereocenters. The molecule has 1 saturated heterocycles. The van der Waals surface area contributed by atoms with Crippen LogP contribution in [0.4, 0.5) is 0 Å². The lowest BCUT2D eigenvalue weighted by Gasteiger charge is -2.40. The van der Waals surface area contributed by atoms with Gasteiger partial charge in [-0.15, -0.1) is 0 Å². The van der Waals surface area contributed by atoms with Crippen molar-refractivity contribution in [3.05, 3.63) is 0 Å². The molecule has 0 radical (unpaired) electrons. The number of nitrogens with zero attached hydrogens (tertiary/aromatic N) is 1. The van der Waals surface area contributed by atoms with E-state index in [1.165, 1.54) is 31.9 Å². The average Bonchev–Trinajstić information content (AvgIpc) is 2.87. The standard InChI is InChI=1S/C14H26N2O2S/c1-19(17,18)16-6-2-3-12(10-16)9-14(15)8-11-4-5-13(14)7-11/h11-13H,2-10,15H2,1H3. The largest absolute Gasteiger partial charge is 0.325 e. The van der Waals surface area contributed by atoms with Crippen molar-refractivity contribution in [1.82, 2.24) is 4.31 Å². The van der Waals surface area contributed by atoms with E-state index < -0.39 is 10.0 Å². The molecule has 2 aliphatic carbocycles. The second kappa shape index (κ2) is 4.71. The molecule has 2 saturated carbocycles. The molecule has 4 atom stereocenters. The molecular formula is C14H26N2O2S. The highest BCUT2D eigenvalue weighted by Gasteiger charge is 2.49. The van der Waals surface area contributed by atoms with Crippen LogP contribution in [0.3, 0.4) is 0 Å². The summed E-state index contributed by atoms with van der Waals surface area (Å²) < 4.78 is 25.0. The number of fused-ring (bicyclic) bond motifs is 2.